The number of ether oxygens (including phenoxy) is 1. The molecule has 154 valence electrons. The zero-order chi connectivity index (χ0) is 19.3. The van der Waals surface area contributed by atoms with Crippen LogP contribution >= 0.6 is 12.4 Å². The fourth-order valence-corrected chi connectivity index (χ4v) is 3.63. The molecule has 0 aliphatic carbocycles. The molecule has 0 bridgehead atoms. The first-order valence-corrected chi connectivity index (χ1v) is 9.58. The first kappa shape index (κ1) is 21.3. The number of hydrogen-bond donors (Lipinski definition) is 1. The Labute approximate surface area is 176 Å². The lowest BCUT2D eigenvalue weighted by atomic mass is 10.1. The van der Waals surface area contributed by atoms with Gasteiger partial charge in [0, 0.05) is 51.2 Å². The average Bonchev–Trinajstić information content (AvgIpc) is 3.14. The summed E-state index contributed by atoms with van der Waals surface area (Å²) >= 11 is 0. The fraction of sp³-hybridized carbons (Fsp3) is 0.318. The molecule has 0 spiro atoms. The summed E-state index contributed by atoms with van der Waals surface area (Å²) in [5.74, 6) is 1.58. The maximum Gasteiger partial charge on any atom is 0.129 e. The van der Waals surface area contributed by atoms with E-state index in [4.69, 9.17) is 4.74 Å². The van der Waals surface area contributed by atoms with E-state index in [1.165, 1.54) is 11.6 Å². The molecule has 0 amide bonds. The van der Waals surface area contributed by atoms with Gasteiger partial charge in [0.15, 0.2) is 0 Å². The number of benzene rings is 2. The topological polar surface area (TPSA) is 42.3 Å². The lowest BCUT2D eigenvalue weighted by Crippen LogP contribution is -2.46. The lowest BCUT2D eigenvalue weighted by Gasteiger charge is -2.35. The molecular formula is C22H26ClFN4O. The zero-order valence-electron chi connectivity index (χ0n) is 16.4. The van der Waals surface area contributed by atoms with Crippen LogP contribution in [0, 0.1) is 5.82 Å². The van der Waals surface area contributed by atoms with Crippen LogP contribution in [0.5, 0.6) is 5.75 Å². The largest absolute Gasteiger partial charge is 0.489 e. The molecule has 1 aromatic heterocycles. The van der Waals surface area contributed by atoms with Gasteiger partial charge in [0.2, 0.25) is 0 Å². The Hall–Kier alpha value is -2.41. The van der Waals surface area contributed by atoms with Gasteiger partial charge in [-0.25, -0.2) is 9.37 Å². The number of nitrogens with one attached hydrogen (secondary N) is 1. The molecule has 2 heterocycles. The van der Waals surface area contributed by atoms with Crippen molar-refractivity contribution in [3.8, 4) is 5.75 Å². The van der Waals surface area contributed by atoms with Crippen molar-refractivity contribution >= 4 is 12.4 Å². The summed E-state index contributed by atoms with van der Waals surface area (Å²) in [6.07, 6.45) is 3.83. The van der Waals surface area contributed by atoms with Gasteiger partial charge in [-0.1, -0.05) is 30.3 Å². The highest BCUT2D eigenvalue weighted by Gasteiger charge is 2.26. The van der Waals surface area contributed by atoms with Crippen LogP contribution in [0.4, 0.5) is 4.39 Å². The van der Waals surface area contributed by atoms with E-state index < -0.39 is 0 Å². The molecule has 5 nitrogen and oxygen atoms in total. The summed E-state index contributed by atoms with van der Waals surface area (Å²) in [6, 6.07) is 15.0. The molecule has 29 heavy (non-hydrogen) atoms. The molecule has 1 saturated heterocycles. The summed E-state index contributed by atoms with van der Waals surface area (Å²) in [6.45, 7) is 3.84. The smallest absolute Gasteiger partial charge is 0.129 e. The second-order valence-corrected chi connectivity index (χ2v) is 7.11. The van der Waals surface area contributed by atoms with E-state index in [2.05, 4.69) is 25.8 Å². The van der Waals surface area contributed by atoms with Gasteiger partial charge in [0.05, 0.1) is 6.04 Å². The number of halogens is 2. The third-order valence-corrected chi connectivity index (χ3v) is 5.15. The Morgan fingerprint density at radius 2 is 2.07 bits per heavy atom. The van der Waals surface area contributed by atoms with Crippen LogP contribution in [0.1, 0.15) is 23.0 Å². The van der Waals surface area contributed by atoms with E-state index in [0.717, 1.165) is 37.8 Å². The van der Waals surface area contributed by atoms with Gasteiger partial charge >= 0.3 is 0 Å². The van der Waals surface area contributed by atoms with Crippen LogP contribution in [-0.4, -0.2) is 34.1 Å². The molecule has 2 aromatic carbocycles. The quantitative estimate of drug-likeness (QED) is 0.665. The molecule has 7 heteroatoms. The normalized spacial score (nSPS) is 17.0. The Kier molecular flexibility index (Phi) is 7.25. The highest BCUT2D eigenvalue weighted by atomic mass is 35.5. The summed E-state index contributed by atoms with van der Waals surface area (Å²) in [5.41, 5.74) is 1.73. The predicted octanol–water partition coefficient (Wildman–Crippen LogP) is 3.71. The Morgan fingerprint density at radius 1 is 1.21 bits per heavy atom. The molecule has 1 fully saturated rings. The van der Waals surface area contributed by atoms with Crippen LogP contribution in [0.25, 0.3) is 0 Å². The van der Waals surface area contributed by atoms with Crippen LogP contribution in [-0.2, 0) is 20.2 Å². The van der Waals surface area contributed by atoms with Crippen molar-refractivity contribution in [2.45, 2.75) is 19.2 Å². The number of aromatic nitrogens is 2. The Morgan fingerprint density at radius 3 is 2.86 bits per heavy atom. The predicted molar refractivity (Wildman–Crippen MR) is 114 cm³/mol. The van der Waals surface area contributed by atoms with E-state index in [-0.39, 0.29) is 30.9 Å². The van der Waals surface area contributed by atoms with Crippen molar-refractivity contribution in [2.75, 3.05) is 19.6 Å². The van der Waals surface area contributed by atoms with Crippen LogP contribution in [0.15, 0.2) is 60.9 Å². The Bertz CT molecular complexity index is 932. The number of imidazole rings is 1. The molecule has 0 radical (unpaired) electrons. The van der Waals surface area contributed by atoms with Crippen molar-refractivity contribution in [2.24, 2.45) is 7.05 Å². The maximum absolute atomic E-state index is 13.8. The van der Waals surface area contributed by atoms with Gasteiger partial charge in [0.1, 0.15) is 24.0 Å². The third kappa shape index (κ3) is 5.15. The number of aryl methyl sites for hydroxylation is 1. The van der Waals surface area contributed by atoms with Gasteiger partial charge in [-0.2, -0.15) is 0 Å². The first-order valence-electron chi connectivity index (χ1n) is 9.58. The van der Waals surface area contributed by atoms with E-state index in [9.17, 15) is 4.39 Å². The molecule has 1 atom stereocenters. The van der Waals surface area contributed by atoms with Crippen LogP contribution < -0.4 is 10.1 Å². The highest BCUT2D eigenvalue weighted by molar-refractivity contribution is 5.85. The summed E-state index contributed by atoms with van der Waals surface area (Å²) in [5, 5.41) is 3.47. The van der Waals surface area contributed by atoms with E-state index in [1.54, 1.807) is 12.1 Å². The first-order chi connectivity index (χ1) is 13.7. The molecule has 0 saturated carbocycles. The minimum absolute atomic E-state index is 0. The van der Waals surface area contributed by atoms with Crippen molar-refractivity contribution in [1.29, 1.82) is 0 Å². The van der Waals surface area contributed by atoms with Gasteiger partial charge in [0.25, 0.3) is 0 Å². The zero-order valence-corrected chi connectivity index (χ0v) is 17.2. The number of hydrogen-bond acceptors (Lipinski definition) is 4. The van der Waals surface area contributed by atoms with Crippen LogP contribution in [0.2, 0.25) is 0 Å². The summed E-state index contributed by atoms with van der Waals surface area (Å²) in [7, 11) is 2.03. The number of piperazine rings is 1. The molecule has 1 unspecified atom stereocenters. The summed E-state index contributed by atoms with van der Waals surface area (Å²) in [4.78, 5) is 6.98. The average molecular weight is 417 g/mol. The molecule has 4 rings (SSSR count). The monoisotopic (exact) mass is 416 g/mol. The number of rotatable bonds is 6. The minimum Gasteiger partial charge on any atom is -0.489 e. The molecule has 3 aromatic rings. The summed E-state index contributed by atoms with van der Waals surface area (Å²) < 4.78 is 21.7. The molecule has 1 aliphatic rings. The molecule has 1 aliphatic heterocycles. The van der Waals surface area contributed by atoms with Crippen molar-refractivity contribution in [3.05, 3.63) is 83.7 Å². The second kappa shape index (κ2) is 9.87. The standard InChI is InChI=1S/C22H25FN4O.ClH/c1-26-11-10-25-22(26)21-14-24-9-12-27(21)15-17-5-4-7-19(13-17)28-16-18-6-2-3-8-20(18)23;/h2-8,10-11,13,21,24H,9,12,14-16H2,1H3;1H. The Balaban J connectivity index is 0.00000240. The third-order valence-electron chi connectivity index (χ3n) is 5.15. The molecule has 1 N–H and O–H groups in total. The van der Waals surface area contributed by atoms with Crippen molar-refractivity contribution in [1.82, 2.24) is 19.8 Å². The maximum atomic E-state index is 13.8. The van der Waals surface area contributed by atoms with Crippen molar-refractivity contribution in [3.63, 3.8) is 0 Å². The SMILES string of the molecule is Cl.Cn1ccnc1C1CNCCN1Cc1cccc(OCc2ccccc2F)c1. The van der Waals surface area contributed by atoms with Gasteiger partial charge in [-0.15, -0.1) is 12.4 Å². The van der Waals surface area contributed by atoms with Crippen LogP contribution in [0.3, 0.4) is 0 Å². The van der Waals surface area contributed by atoms with Crippen molar-refractivity contribution < 1.29 is 9.13 Å². The van der Waals surface area contributed by atoms with E-state index in [0.29, 0.717) is 5.56 Å². The minimum atomic E-state index is -0.239. The van der Waals surface area contributed by atoms with E-state index >= 15 is 0 Å². The highest BCUT2D eigenvalue weighted by Crippen LogP contribution is 2.24. The van der Waals surface area contributed by atoms with Gasteiger partial charge < -0.3 is 14.6 Å². The lowest BCUT2D eigenvalue weighted by molar-refractivity contribution is 0.144. The molecular weight excluding hydrogens is 391 g/mol. The second-order valence-electron chi connectivity index (χ2n) is 7.11. The number of nitrogens with zero attached hydrogens (tertiary/aromatic N) is 3. The van der Waals surface area contributed by atoms with Gasteiger partial charge in [-0.05, 0) is 23.8 Å². The fourth-order valence-electron chi connectivity index (χ4n) is 3.63. The van der Waals surface area contributed by atoms with Gasteiger partial charge in [-0.3, -0.25) is 4.90 Å². The van der Waals surface area contributed by atoms with E-state index in [1.807, 2.05) is 43.7 Å².